The van der Waals surface area contributed by atoms with Gasteiger partial charge in [-0.25, -0.2) is 4.39 Å². The Balaban J connectivity index is 1.50. The number of H-pyrrole nitrogens is 1. The van der Waals surface area contributed by atoms with E-state index in [2.05, 4.69) is 27.3 Å². The summed E-state index contributed by atoms with van der Waals surface area (Å²) in [6.07, 6.45) is 3.60. The molecule has 0 saturated carbocycles. The average Bonchev–Trinajstić information content (AvgIpc) is 3.18. The summed E-state index contributed by atoms with van der Waals surface area (Å²) < 4.78 is 18.7. The molecule has 1 fully saturated rings. The van der Waals surface area contributed by atoms with Crippen LogP contribution in [-0.2, 0) is 0 Å². The van der Waals surface area contributed by atoms with Gasteiger partial charge in [-0.2, -0.15) is 0 Å². The Morgan fingerprint density at radius 3 is 2.62 bits per heavy atom. The SMILES string of the molecule is COc1ccc([C@H](CNC(=O)c2cc3cc(F)ccc3[nH]2)N2CCCCC2)cc1. The number of likely N-dealkylation sites (tertiary alicyclic amines) is 1. The lowest BCUT2D eigenvalue weighted by atomic mass is 10.0. The van der Waals surface area contributed by atoms with Crippen molar-refractivity contribution in [3.8, 4) is 5.75 Å². The second kappa shape index (κ2) is 8.66. The van der Waals surface area contributed by atoms with Crippen molar-refractivity contribution in [1.82, 2.24) is 15.2 Å². The Kier molecular flexibility index (Phi) is 5.81. The third kappa shape index (κ3) is 4.43. The van der Waals surface area contributed by atoms with Gasteiger partial charge < -0.3 is 15.0 Å². The third-order valence-electron chi connectivity index (χ3n) is 5.62. The number of ether oxygens (including phenoxy) is 1. The van der Waals surface area contributed by atoms with Crippen LogP contribution in [0.25, 0.3) is 10.9 Å². The zero-order valence-electron chi connectivity index (χ0n) is 16.6. The van der Waals surface area contributed by atoms with E-state index in [-0.39, 0.29) is 17.8 Å². The highest BCUT2D eigenvalue weighted by atomic mass is 19.1. The highest BCUT2D eigenvalue weighted by molar-refractivity contribution is 5.98. The van der Waals surface area contributed by atoms with Gasteiger partial charge >= 0.3 is 0 Å². The number of aromatic nitrogens is 1. The van der Waals surface area contributed by atoms with Gasteiger partial charge in [0.15, 0.2) is 0 Å². The summed E-state index contributed by atoms with van der Waals surface area (Å²) in [6, 6.07) is 14.3. The maximum absolute atomic E-state index is 13.4. The van der Waals surface area contributed by atoms with E-state index in [0.29, 0.717) is 17.6 Å². The highest BCUT2D eigenvalue weighted by Gasteiger charge is 2.23. The number of hydrogen-bond acceptors (Lipinski definition) is 3. The lowest BCUT2D eigenvalue weighted by Crippen LogP contribution is -2.40. The second-order valence-corrected chi connectivity index (χ2v) is 7.51. The van der Waals surface area contributed by atoms with Crippen LogP contribution in [0.5, 0.6) is 5.75 Å². The predicted octanol–water partition coefficient (Wildman–Crippen LogP) is 4.27. The minimum Gasteiger partial charge on any atom is -0.497 e. The van der Waals surface area contributed by atoms with E-state index in [1.54, 1.807) is 19.2 Å². The van der Waals surface area contributed by atoms with Gasteiger partial charge in [0.1, 0.15) is 17.3 Å². The number of benzene rings is 2. The molecule has 0 radical (unpaired) electrons. The topological polar surface area (TPSA) is 57.4 Å². The highest BCUT2D eigenvalue weighted by Crippen LogP contribution is 2.26. The van der Waals surface area contributed by atoms with Crippen molar-refractivity contribution >= 4 is 16.8 Å². The maximum Gasteiger partial charge on any atom is 0.267 e. The molecule has 29 heavy (non-hydrogen) atoms. The molecule has 2 heterocycles. The molecule has 2 N–H and O–H groups in total. The molecule has 1 aromatic heterocycles. The molecule has 0 bridgehead atoms. The van der Waals surface area contributed by atoms with E-state index in [4.69, 9.17) is 4.74 Å². The van der Waals surface area contributed by atoms with Crippen LogP contribution in [0, 0.1) is 5.82 Å². The number of hydrogen-bond donors (Lipinski definition) is 2. The van der Waals surface area contributed by atoms with Crippen LogP contribution in [-0.4, -0.2) is 42.5 Å². The summed E-state index contributed by atoms with van der Waals surface area (Å²) in [5, 5.41) is 3.75. The Bertz CT molecular complexity index is 977. The summed E-state index contributed by atoms with van der Waals surface area (Å²) in [7, 11) is 1.66. The monoisotopic (exact) mass is 395 g/mol. The first-order valence-corrected chi connectivity index (χ1v) is 10.1. The predicted molar refractivity (Wildman–Crippen MR) is 112 cm³/mol. The van der Waals surface area contributed by atoms with Crippen molar-refractivity contribution in [3.63, 3.8) is 0 Å². The van der Waals surface area contributed by atoms with Gasteiger partial charge in [0.25, 0.3) is 5.91 Å². The molecule has 4 rings (SSSR count). The van der Waals surface area contributed by atoms with Crippen molar-refractivity contribution in [2.75, 3.05) is 26.7 Å². The molecule has 152 valence electrons. The number of halogens is 1. The van der Waals surface area contributed by atoms with E-state index in [0.717, 1.165) is 29.9 Å². The van der Waals surface area contributed by atoms with Crippen LogP contribution in [0.2, 0.25) is 0 Å². The fourth-order valence-electron chi connectivity index (χ4n) is 4.02. The molecule has 1 atom stereocenters. The van der Waals surface area contributed by atoms with Crippen LogP contribution >= 0.6 is 0 Å². The van der Waals surface area contributed by atoms with E-state index >= 15 is 0 Å². The molecular weight excluding hydrogens is 369 g/mol. The first kappa shape index (κ1) is 19.5. The first-order valence-electron chi connectivity index (χ1n) is 10.1. The molecule has 1 aliphatic heterocycles. The molecular formula is C23H26FN3O2. The lowest BCUT2D eigenvalue weighted by molar-refractivity contribution is 0.0920. The van der Waals surface area contributed by atoms with E-state index in [1.165, 1.54) is 31.4 Å². The molecule has 6 heteroatoms. The van der Waals surface area contributed by atoms with Crippen LogP contribution < -0.4 is 10.1 Å². The Morgan fingerprint density at radius 2 is 1.90 bits per heavy atom. The van der Waals surface area contributed by atoms with Crippen LogP contribution in [0.3, 0.4) is 0 Å². The number of nitrogens with zero attached hydrogens (tertiary/aromatic N) is 1. The molecule has 1 saturated heterocycles. The summed E-state index contributed by atoms with van der Waals surface area (Å²) in [6.45, 7) is 2.56. The van der Waals surface area contributed by atoms with Crippen molar-refractivity contribution < 1.29 is 13.9 Å². The quantitative estimate of drug-likeness (QED) is 0.655. The average molecular weight is 395 g/mol. The normalized spacial score (nSPS) is 15.9. The molecule has 0 spiro atoms. The lowest BCUT2D eigenvalue weighted by Gasteiger charge is -2.35. The van der Waals surface area contributed by atoms with Crippen LogP contribution in [0.1, 0.15) is 41.4 Å². The number of methoxy groups -OCH3 is 1. The van der Waals surface area contributed by atoms with Gasteiger partial charge in [-0.05, 0) is 67.9 Å². The Labute approximate surface area is 169 Å². The number of aromatic amines is 1. The van der Waals surface area contributed by atoms with Crippen molar-refractivity contribution in [1.29, 1.82) is 0 Å². The number of fused-ring (bicyclic) bond motifs is 1. The fourth-order valence-corrected chi connectivity index (χ4v) is 4.02. The number of carbonyl (C=O) groups excluding carboxylic acids is 1. The number of rotatable bonds is 6. The van der Waals surface area contributed by atoms with E-state index in [9.17, 15) is 9.18 Å². The van der Waals surface area contributed by atoms with Gasteiger partial charge in [0.05, 0.1) is 13.2 Å². The van der Waals surface area contributed by atoms with Crippen molar-refractivity contribution in [2.24, 2.45) is 0 Å². The molecule has 1 aliphatic rings. The minimum atomic E-state index is -0.312. The van der Waals surface area contributed by atoms with Crippen LogP contribution in [0.15, 0.2) is 48.5 Å². The van der Waals surface area contributed by atoms with Crippen LogP contribution in [0.4, 0.5) is 4.39 Å². The molecule has 5 nitrogen and oxygen atoms in total. The zero-order valence-corrected chi connectivity index (χ0v) is 16.6. The fraction of sp³-hybridized carbons (Fsp3) is 0.348. The molecule has 1 amide bonds. The largest absolute Gasteiger partial charge is 0.497 e. The van der Waals surface area contributed by atoms with Gasteiger partial charge in [-0.1, -0.05) is 18.6 Å². The van der Waals surface area contributed by atoms with E-state index in [1.807, 2.05) is 12.1 Å². The first-order chi connectivity index (χ1) is 14.1. The number of nitrogens with one attached hydrogen (secondary N) is 2. The van der Waals surface area contributed by atoms with Gasteiger partial charge in [0.2, 0.25) is 0 Å². The zero-order chi connectivity index (χ0) is 20.2. The Morgan fingerprint density at radius 1 is 1.14 bits per heavy atom. The minimum absolute atomic E-state index is 0.104. The van der Waals surface area contributed by atoms with E-state index < -0.39 is 0 Å². The second-order valence-electron chi connectivity index (χ2n) is 7.51. The number of amides is 1. The molecule has 3 aromatic rings. The smallest absolute Gasteiger partial charge is 0.267 e. The maximum atomic E-state index is 13.4. The standard InChI is InChI=1S/C23H26FN3O2/c1-29-19-8-5-16(6-9-19)22(27-11-3-2-4-12-27)15-25-23(28)21-14-17-13-18(24)7-10-20(17)26-21/h5-10,13-14,22,26H,2-4,11-12,15H2,1H3,(H,25,28)/t22-/m0/s1. The summed E-state index contributed by atoms with van der Waals surface area (Å²) in [5.41, 5.74) is 2.35. The van der Waals surface area contributed by atoms with Gasteiger partial charge in [0, 0.05) is 17.4 Å². The Hall–Kier alpha value is -2.86. The van der Waals surface area contributed by atoms with Gasteiger partial charge in [-0.15, -0.1) is 0 Å². The van der Waals surface area contributed by atoms with Crippen molar-refractivity contribution in [2.45, 2.75) is 25.3 Å². The summed E-state index contributed by atoms with van der Waals surface area (Å²) >= 11 is 0. The van der Waals surface area contributed by atoms with Gasteiger partial charge in [-0.3, -0.25) is 9.69 Å². The summed E-state index contributed by atoms with van der Waals surface area (Å²) in [5.74, 6) is 0.325. The number of carbonyl (C=O) groups is 1. The summed E-state index contributed by atoms with van der Waals surface area (Å²) in [4.78, 5) is 18.3. The molecule has 0 aliphatic carbocycles. The van der Waals surface area contributed by atoms with Crippen molar-refractivity contribution in [3.05, 3.63) is 65.6 Å². The third-order valence-corrected chi connectivity index (χ3v) is 5.62. The molecule has 0 unspecified atom stereocenters. The number of piperidine rings is 1. The molecule has 2 aromatic carbocycles.